The standard InChI is InChI=1S/C23H28O5S.C13H17N.C13H15N/c1-14(15-4-5-15)19-8-6-16-7-9-20(16)21(19)11-18(24)13-29(26,27)22-10-17(12-28-22)23(2,3)25;2*1-8(9-2-3-9)11-6-4-10-5-7-12(10)13(11)14/h6,8,10,12,14-15,25H,4-5,7,9,11,13H2,1-3H3;4,6,8-9H,2-3,5,7,14H2,1H3;4,6,9H,1-3,5,7,14H2/t14-;8-;/m11./s1. The van der Waals surface area contributed by atoms with Crippen molar-refractivity contribution in [3.05, 3.63) is 117 Å². The van der Waals surface area contributed by atoms with E-state index in [1.165, 1.54) is 126 Å². The lowest BCUT2D eigenvalue weighted by Gasteiger charge is -2.27. The number of aliphatic hydroxyl groups is 1. The van der Waals surface area contributed by atoms with Crippen LogP contribution in [-0.4, -0.2) is 25.1 Å². The fourth-order valence-electron chi connectivity index (χ4n) is 9.05. The van der Waals surface area contributed by atoms with Crippen LogP contribution in [0.5, 0.6) is 0 Å². The number of hydrogen-bond acceptors (Lipinski definition) is 7. The minimum absolute atomic E-state index is 0.147. The molecule has 0 aliphatic heterocycles. The summed E-state index contributed by atoms with van der Waals surface area (Å²) in [4.78, 5) is 12.8. The predicted octanol–water partition coefficient (Wildman–Crippen LogP) is 9.38. The Morgan fingerprint density at radius 1 is 0.789 bits per heavy atom. The molecule has 3 fully saturated rings. The van der Waals surface area contributed by atoms with Crippen LogP contribution in [0.3, 0.4) is 0 Å². The van der Waals surface area contributed by atoms with Gasteiger partial charge in [0.05, 0.1) is 11.9 Å². The van der Waals surface area contributed by atoms with Crippen LogP contribution in [0.4, 0.5) is 11.4 Å². The van der Waals surface area contributed by atoms with Gasteiger partial charge >= 0.3 is 0 Å². The van der Waals surface area contributed by atoms with E-state index in [1.54, 1.807) is 13.8 Å². The maximum atomic E-state index is 12.8. The molecular weight excluding hydrogens is 729 g/mol. The summed E-state index contributed by atoms with van der Waals surface area (Å²) in [6.07, 6.45) is 16.0. The van der Waals surface area contributed by atoms with E-state index >= 15 is 0 Å². The number of aryl methyl sites for hydroxylation is 3. The number of carbonyl (C=O) groups excluding carboxylic acids is 1. The first kappa shape index (κ1) is 39.7. The van der Waals surface area contributed by atoms with Gasteiger partial charge in [0, 0.05) is 35.0 Å². The topological polar surface area (TPSA) is 137 Å². The normalized spacial score (nSPS) is 18.7. The Kier molecular flexibility index (Phi) is 10.6. The minimum Gasteiger partial charge on any atom is -0.453 e. The lowest BCUT2D eigenvalue weighted by molar-refractivity contribution is -0.116. The molecule has 3 saturated carbocycles. The molecule has 0 radical (unpaired) electrons. The number of carbonyl (C=O) groups is 1. The second-order valence-corrected chi connectivity index (χ2v) is 20.3. The lowest BCUT2D eigenvalue weighted by atomic mass is 9.78. The Labute approximate surface area is 339 Å². The van der Waals surface area contributed by atoms with Crippen molar-refractivity contribution in [2.75, 3.05) is 17.2 Å². The number of fused-ring (bicyclic) bond motifs is 3. The molecule has 0 spiro atoms. The van der Waals surface area contributed by atoms with E-state index in [9.17, 15) is 18.3 Å². The van der Waals surface area contributed by atoms with Crippen LogP contribution in [0.1, 0.15) is 139 Å². The fraction of sp³-hybridized carbons (Fsp3) is 0.490. The molecule has 6 aliphatic carbocycles. The first-order chi connectivity index (χ1) is 27.1. The van der Waals surface area contributed by atoms with Gasteiger partial charge in [0.15, 0.2) is 5.78 Å². The zero-order valence-electron chi connectivity index (χ0n) is 34.3. The number of Topliss-reactive ketones (excluding diaryl/α,β-unsaturated/α-hetero) is 1. The van der Waals surface area contributed by atoms with Crippen molar-refractivity contribution in [1.82, 2.24) is 0 Å². The Hall–Kier alpha value is -4.14. The summed E-state index contributed by atoms with van der Waals surface area (Å²) in [6, 6.07) is 14.5. The highest BCUT2D eigenvalue weighted by atomic mass is 32.2. The van der Waals surface area contributed by atoms with Crippen LogP contribution in [-0.2, 0) is 65.2 Å². The average Bonchev–Trinajstić information content (AvgIpc) is 3.96. The Balaban J connectivity index is 0.000000134. The molecule has 3 aromatic carbocycles. The van der Waals surface area contributed by atoms with Crippen molar-refractivity contribution in [2.24, 2.45) is 17.8 Å². The Morgan fingerprint density at radius 2 is 1.32 bits per heavy atom. The zero-order valence-corrected chi connectivity index (χ0v) is 35.1. The van der Waals surface area contributed by atoms with Gasteiger partial charge in [0.1, 0.15) is 5.75 Å². The van der Waals surface area contributed by atoms with Gasteiger partial charge in [-0.2, -0.15) is 0 Å². The molecule has 4 aromatic rings. The van der Waals surface area contributed by atoms with E-state index in [-0.39, 0.29) is 17.3 Å². The van der Waals surface area contributed by atoms with E-state index in [1.807, 2.05) is 0 Å². The molecule has 7 nitrogen and oxygen atoms in total. The zero-order chi connectivity index (χ0) is 40.4. The number of rotatable bonds is 12. The minimum atomic E-state index is -3.89. The van der Waals surface area contributed by atoms with E-state index in [0.717, 1.165) is 48.0 Å². The molecule has 302 valence electrons. The summed E-state index contributed by atoms with van der Waals surface area (Å²) in [6.45, 7) is 11.8. The third kappa shape index (κ3) is 8.27. The molecule has 0 amide bonds. The van der Waals surface area contributed by atoms with Crippen molar-refractivity contribution in [2.45, 2.75) is 134 Å². The van der Waals surface area contributed by atoms with Crippen LogP contribution >= 0.6 is 0 Å². The first-order valence-electron chi connectivity index (χ1n) is 21.3. The van der Waals surface area contributed by atoms with E-state index < -0.39 is 21.2 Å². The van der Waals surface area contributed by atoms with E-state index in [0.29, 0.717) is 23.3 Å². The molecule has 1 aromatic heterocycles. The highest BCUT2D eigenvalue weighted by Crippen LogP contribution is 2.47. The van der Waals surface area contributed by atoms with Gasteiger partial charge in [-0.15, -0.1) is 0 Å². The predicted molar refractivity (Wildman–Crippen MR) is 229 cm³/mol. The van der Waals surface area contributed by atoms with Gasteiger partial charge in [-0.25, -0.2) is 8.42 Å². The summed E-state index contributed by atoms with van der Waals surface area (Å²) < 4.78 is 30.5. The summed E-state index contributed by atoms with van der Waals surface area (Å²) in [5.41, 5.74) is 28.0. The number of nitrogens with two attached hydrogens (primary N) is 2. The van der Waals surface area contributed by atoms with Crippen LogP contribution in [0.15, 0.2) is 64.8 Å². The quantitative estimate of drug-likeness (QED) is 0.122. The molecule has 6 aliphatic rings. The van der Waals surface area contributed by atoms with Crippen molar-refractivity contribution in [3.8, 4) is 0 Å². The number of benzene rings is 3. The molecule has 2 atom stereocenters. The number of sulfone groups is 1. The van der Waals surface area contributed by atoms with Gasteiger partial charge in [-0.1, -0.05) is 56.8 Å². The molecule has 10 rings (SSSR count). The molecule has 1 heterocycles. The van der Waals surface area contributed by atoms with Gasteiger partial charge in [0.25, 0.3) is 0 Å². The van der Waals surface area contributed by atoms with Crippen molar-refractivity contribution in [3.63, 3.8) is 0 Å². The summed E-state index contributed by atoms with van der Waals surface area (Å²) in [7, 11) is -3.89. The number of anilines is 2. The fourth-order valence-corrected chi connectivity index (χ4v) is 10.2. The number of furan rings is 1. The third-order valence-corrected chi connectivity index (χ3v) is 15.3. The van der Waals surface area contributed by atoms with Gasteiger partial charge < -0.3 is 21.0 Å². The van der Waals surface area contributed by atoms with Crippen molar-refractivity contribution in [1.29, 1.82) is 0 Å². The highest BCUT2D eigenvalue weighted by molar-refractivity contribution is 7.92. The smallest absolute Gasteiger partial charge is 0.218 e. The summed E-state index contributed by atoms with van der Waals surface area (Å²) in [5.74, 6) is 2.48. The number of ketones is 1. The van der Waals surface area contributed by atoms with Crippen LogP contribution in [0.25, 0.3) is 5.57 Å². The lowest BCUT2D eigenvalue weighted by Crippen LogP contribution is -2.22. The number of allylic oxidation sites excluding steroid dienone is 1. The molecule has 0 bridgehead atoms. The highest BCUT2D eigenvalue weighted by Gasteiger charge is 2.35. The van der Waals surface area contributed by atoms with Crippen LogP contribution in [0.2, 0.25) is 0 Å². The second-order valence-electron chi connectivity index (χ2n) is 18.4. The van der Waals surface area contributed by atoms with Gasteiger partial charge in [-0.05, 0) is 176 Å². The molecule has 57 heavy (non-hydrogen) atoms. The maximum Gasteiger partial charge on any atom is 0.218 e. The summed E-state index contributed by atoms with van der Waals surface area (Å²) in [5, 5.41) is 9.75. The molecule has 8 heteroatoms. The van der Waals surface area contributed by atoms with E-state index in [4.69, 9.17) is 15.9 Å². The molecule has 0 unspecified atom stereocenters. The maximum absolute atomic E-state index is 12.8. The van der Waals surface area contributed by atoms with Crippen LogP contribution in [0, 0.1) is 17.8 Å². The molecule has 5 N–H and O–H groups in total. The second kappa shape index (κ2) is 15.2. The Morgan fingerprint density at radius 3 is 1.82 bits per heavy atom. The van der Waals surface area contributed by atoms with E-state index in [2.05, 4.69) is 56.8 Å². The summed E-state index contributed by atoms with van der Waals surface area (Å²) >= 11 is 0. The SMILES string of the molecule is C=C(c1ccc2c(c1N)CC2)C1CC1.C[C@@H](c1ccc2c(c1CC(=O)CS(=O)(=O)c1cc(C(C)(C)O)co1)CC2)C1CC1.C[C@@H](c1ccc2c(c1N)CC2)C1CC1. The first-order valence-corrected chi connectivity index (χ1v) is 22.9. The number of nitrogen functional groups attached to an aromatic ring is 2. The average molecular weight is 789 g/mol. The van der Waals surface area contributed by atoms with Crippen molar-refractivity contribution < 1.29 is 22.7 Å². The van der Waals surface area contributed by atoms with Crippen LogP contribution < -0.4 is 11.5 Å². The third-order valence-electron chi connectivity index (χ3n) is 13.8. The number of hydrogen-bond donors (Lipinski definition) is 3. The Bertz CT molecular complexity index is 2340. The van der Waals surface area contributed by atoms with Crippen molar-refractivity contribution >= 4 is 32.6 Å². The monoisotopic (exact) mass is 788 g/mol. The largest absolute Gasteiger partial charge is 0.453 e. The molecule has 0 saturated heterocycles. The van der Waals surface area contributed by atoms with Gasteiger partial charge in [-0.3, -0.25) is 4.79 Å². The van der Waals surface area contributed by atoms with Gasteiger partial charge in [0.2, 0.25) is 14.9 Å². The molecular formula is C49H60N2O5S.